The van der Waals surface area contributed by atoms with E-state index in [1.807, 2.05) is 6.92 Å². The molecule has 0 spiro atoms. The molecule has 1 fully saturated rings. The summed E-state index contributed by atoms with van der Waals surface area (Å²) >= 11 is 0. The highest BCUT2D eigenvalue weighted by Crippen LogP contribution is 2.45. The highest BCUT2D eigenvalue weighted by Gasteiger charge is 2.53. The second kappa shape index (κ2) is 9.38. The second-order valence-corrected chi connectivity index (χ2v) is 8.23. The zero-order valence-corrected chi connectivity index (χ0v) is 18.5. The first-order chi connectivity index (χ1) is 15.9. The molecule has 4 rings (SSSR count). The number of carbonyl (C=O) groups is 1. The fourth-order valence-corrected chi connectivity index (χ4v) is 4.48. The normalized spacial score (nSPS) is 26.7. The molecule has 0 radical (unpaired) electrons. The van der Waals surface area contributed by atoms with Gasteiger partial charge in [-0.25, -0.2) is 23.7 Å². The number of Topliss-reactive ketones (excluding diaryl/α,β-unsaturated/α-hetero) is 1. The molecule has 1 aromatic carbocycles. The molecule has 1 aromatic heterocycles. The van der Waals surface area contributed by atoms with Crippen molar-refractivity contribution in [1.82, 2.24) is 9.97 Å². The van der Waals surface area contributed by atoms with Crippen LogP contribution in [0.1, 0.15) is 41.4 Å². The summed E-state index contributed by atoms with van der Waals surface area (Å²) < 4.78 is 46.3. The Hall–Kier alpha value is -3.14. The van der Waals surface area contributed by atoms with Crippen molar-refractivity contribution in [1.29, 1.82) is 0 Å². The van der Waals surface area contributed by atoms with Gasteiger partial charge in [0.25, 0.3) is 6.02 Å². The van der Waals surface area contributed by atoms with Crippen molar-refractivity contribution < 1.29 is 27.8 Å². The molecule has 1 saturated heterocycles. The van der Waals surface area contributed by atoms with E-state index in [0.717, 1.165) is 6.42 Å². The molecule has 8 nitrogen and oxygen atoms in total. The summed E-state index contributed by atoms with van der Waals surface area (Å²) in [5, 5.41) is 0. The van der Waals surface area contributed by atoms with Crippen molar-refractivity contribution in [3.8, 4) is 5.88 Å². The number of ether oxygens (including phenoxy) is 3. The molecule has 2 aliphatic rings. The van der Waals surface area contributed by atoms with E-state index in [4.69, 9.17) is 19.9 Å². The zero-order chi connectivity index (χ0) is 23.6. The van der Waals surface area contributed by atoms with Crippen LogP contribution in [0.4, 0.5) is 8.78 Å². The number of hydrogen-bond acceptors (Lipinski definition) is 8. The fraction of sp³-hybridized carbons (Fsp3) is 0.478. The largest absolute Gasteiger partial charge is 0.480 e. The van der Waals surface area contributed by atoms with Crippen molar-refractivity contribution >= 4 is 11.8 Å². The molecule has 33 heavy (non-hydrogen) atoms. The van der Waals surface area contributed by atoms with Crippen LogP contribution in [-0.4, -0.2) is 54.4 Å². The SMILES string of the molecule is CCC1CC2OC(N)=NC(CF)(c3cc(CC(=O)c4cnc(OC)cn4)ccc3F)C2CO1. The first-order valence-electron chi connectivity index (χ1n) is 10.8. The topological polar surface area (TPSA) is 109 Å². The minimum Gasteiger partial charge on any atom is -0.480 e. The number of ketones is 1. The van der Waals surface area contributed by atoms with Crippen molar-refractivity contribution in [3.05, 3.63) is 53.2 Å². The number of aromatic nitrogens is 2. The summed E-state index contributed by atoms with van der Waals surface area (Å²) in [6, 6.07) is 3.98. The van der Waals surface area contributed by atoms with Crippen LogP contribution < -0.4 is 10.5 Å². The van der Waals surface area contributed by atoms with Gasteiger partial charge in [-0.2, -0.15) is 0 Å². The molecular formula is C23H26F2N4O4. The number of amidine groups is 1. The average Bonchev–Trinajstić information content (AvgIpc) is 2.84. The van der Waals surface area contributed by atoms with Crippen LogP contribution >= 0.6 is 0 Å². The Labute approximate surface area is 190 Å². The van der Waals surface area contributed by atoms with Crippen molar-refractivity contribution in [3.63, 3.8) is 0 Å². The lowest BCUT2D eigenvalue weighted by molar-refractivity contribution is -0.115. The Balaban J connectivity index is 1.66. The maximum atomic E-state index is 15.1. The molecular weight excluding hydrogens is 434 g/mol. The van der Waals surface area contributed by atoms with E-state index in [1.165, 1.54) is 37.7 Å². The van der Waals surface area contributed by atoms with Crippen molar-refractivity contribution in [2.45, 2.75) is 43.9 Å². The highest BCUT2D eigenvalue weighted by molar-refractivity contribution is 5.95. The Morgan fingerprint density at radius 1 is 1.33 bits per heavy atom. The van der Waals surface area contributed by atoms with Crippen molar-refractivity contribution in [2.75, 3.05) is 20.4 Å². The van der Waals surface area contributed by atoms with Gasteiger partial charge < -0.3 is 19.9 Å². The molecule has 4 atom stereocenters. The van der Waals surface area contributed by atoms with Crippen LogP contribution in [0, 0.1) is 11.7 Å². The highest BCUT2D eigenvalue weighted by atomic mass is 19.1. The van der Waals surface area contributed by atoms with E-state index < -0.39 is 30.1 Å². The number of alkyl halides is 1. The molecule has 2 N–H and O–H groups in total. The van der Waals surface area contributed by atoms with E-state index in [0.29, 0.717) is 12.0 Å². The Kier molecular flexibility index (Phi) is 6.55. The monoisotopic (exact) mass is 460 g/mol. The quantitative estimate of drug-likeness (QED) is 0.633. The molecule has 0 amide bonds. The van der Waals surface area contributed by atoms with Gasteiger partial charge in [0, 0.05) is 18.4 Å². The maximum Gasteiger partial charge on any atom is 0.283 e. The van der Waals surface area contributed by atoms with Gasteiger partial charge >= 0.3 is 0 Å². The van der Waals surface area contributed by atoms with Gasteiger partial charge in [0.15, 0.2) is 5.78 Å². The fourth-order valence-electron chi connectivity index (χ4n) is 4.48. The Morgan fingerprint density at radius 3 is 2.82 bits per heavy atom. The summed E-state index contributed by atoms with van der Waals surface area (Å²) in [6.07, 6.45) is 3.36. The zero-order valence-electron chi connectivity index (χ0n) is 18.5. The molecule has 176 valence electrons. The van der Waals surface area contributed by atoms with Crippen LogP contribution in [0.5, 0.6) is 5.88 Å². The third-order valence-corrected chi connectivity index (χ3v) is 6.29. The first kappa shape index (κ1) is 23.0. The van der Waals surface area contributed by atoms with E-state index in [1.54, 1.807) is 0 Å². The van der Waals surface area contributed by atoms with Gasteiger partial charge in [0.05, 0.1) is 38.1 Å². The van der Waals surface area contributed by atoms with E-state index >= 15 is 4.39 Å². The van der Waals surface area contributed by atoms with Gasteiger partial charge in [-0.1, -0.05) is 13.0 Å². The lowest BCUT2D eigenvalue weighted by Gasteiger charge is -2.47. The van der Waals surface area contributed by atoms with E-state index in [2.05, 4.69) is 15.0 Å². The molecule has 10 heteroatoms. The first-order valence-corrected chi connectivity index (χ1v) is 10.8. The number of nitrogens with zero attached hydrogens (tertiary/aromatic N) is 3. The molecule has 2 aliphatic heterocycles. The van der Waals surface area contributed by atoms with Crippen LogP contribution in [0.3, 0.4) is 0 Å². The van der Waals surface area contributed by atoms with Gasteiger partial charge in [0.1, 0.15) is 29.8 Å². The number of methoxy groups -OCH3 is 1. The minimum atomic E-state index is -1.60. The third-order valence-electron chi connectivity index (χ3n) is 6.29. The molecule has 2 aromatic rings. The average molecular weight is 460 g/mol. The summed E-state index contributed by atoms with van der Waals surface area (Å²) in [6.45, 7) is 1.16. The number of carbonyl (C=O) groups excluding carboxylic acids is 1. The second-order valence-electron chi connectivity index (χ2n) is 8.23. The predicted octanol–water partition coefficient (Wildman–Crippen LogP) is 2.74. The Morgan fingerprint density at radius 2 is 2.15 bits per heavy atom. The summed E-state index contributed by atoms with van der Waals surface area (Å²) in [5.41, 5.74) is 4.95. The van der Waals surface area contributed by atoms with Crippen LogP contribution in [0.15, 0.2) is 35.6 Å². The van der Waals surface area contributed by atoms with Gasteiger partial charge in [-0.3, -0.25) is 4.79 Å². The number of nitrogens with two attached hydrogens (primary N) is 1. The van der Waals surface area contributed by atoms with Gasteiger partial charge in [0.2, 0.25) is 5.88 Å². The minimum absolute atomic E-state index is 0.0240. The molecule has 0 saturated carbocycles. The predicted molar refractivity (Wildman–Crippen MR) is 115 cm³/mol. The standard InChI is InChI=1S/C23H26F2N4O4/c1-3-14-8-20-16(11-32-14)23(12-24,29-22(26)33-20)15-6-13(4-5-17(15)25)7-19(30)18-9-28-21(31-2)10-27-18/h4-6,9-10,14,16,20H,3,7-8,11-12H2,1-2H3,(H2,26,29). The van der Waals surface area contributed by atoms with Crippen LogP contribution in [0.2, 0.25) is 0 Å². The number of hydrogen-bond donors (Lipinski definition) is 1. The van der Waals surface area contributed by atoms with Crippen LogP contribution in [0.25, 0.3) is 0 Å². The number of fused-ring (bicyclic) bond motifs is 1. The van der Waals surface area contributed by atoms with E-state index in [-0.39, 0.29) is 48.1 Å². The number of benzene rings is 1. The third kappa shape index (κ3) is 4.39. The number of rotatable bonds is 7. The van der Waals surface area contributed by atoms with Gasteiger partial charge in [-0.05, 0) is 24.1 Å². The number of halogens is 2. The molecule has 3 heterocycles. The van der Waals surface area contributed by atoms with Gasteiger partial charge in [-0.15, -0.1) is 0 Å². The molecule has 4 unspecified atom stereocenters. The summed E-state index contributed by atoms with van der Waals surface area (Å²) in [7, 11) is 1.45. The van der Waals surface area contributed by atoms with Crippen molar-refractivity contribution in [2.24, 2.45) is 16.6 Å². The van der Waals surface area contributed by atoms with Crippen LogP contribution in [-0.2, 0) is 21.4 Å². The van der Waals surface area contributed by atoms with E-state index in [9.17, 15) is 9.18 Å². The molecule has 0 aliphatic carbocycles. The molecule has 0 bridgehead atoms. The smallest absolute Gasteiger partial charge is 0.283 e. The lowest BCUT2D eigenvalue weighted by Crippen LogP contribution is -2.56. The summed E-state index contributed by atoms with van der Waals surface area (Å²) in [5.74, 6) is -1.24. The summed E-state index contributed by atoms with van der Waals surface area (Å²) in [4.78, 5) is 25.0. The maximum absolute atomic E-state index is 15.1. The number of aliphatic imine (C=N–C) groups is 1. The Bertz CT molecular complexity index is 1050. The lowest BCUT2D eigenvalue weighted by atomic mass is 9.73.